The van der Waals surface area contributed by atoms with Gasteiger partial charge in [0.05, 0.1) is 19.3 Å². The summed E-state index contributed by atoms with van der Waals surface area (Å²) in [6.45, 7) is 1.96. The molecule has 1 atom stereocenters. The summed E-state index contributed by atoms with van der Waals surface area (Å²) in [6, 6.07) is 16.1. The molecule has 144 valence electrons. The van der Waals surface area contributed by atoms with Crippen molar-refractivity contribution >= 4 is 12.1 Å². The van der Waals surface area contributed by atoms with Gasteiger partial charge in [-0.15, -0.1) is 0 Å². The number of hydrogen-bond acceptors (Lipinski definition) is 5. The fraction of sp³-hybridized carbons (Fsp3) is 0.182. The molecular weight excluding hydrogens is 358 g/mol. The maximum absolute atomic E-state index is 12.6. The van der Waals surface area contributed by atoms with Crippen LogP contribution in [-0.2, 0) is 9.53 Å². The second-order valence-electron chi connectivity index (χ2n) is 5.95. The normalized spacial score (nSPS) is 15.6. The molecule has 1 aliphatic heterocycles. The molecule has 0 aliphatic carbocycles. The summed E-state index contributed by atoms with van der Waals surface area (Å²) in [7, 11) is 1.57. The average Bonchev–Trinajstić information content (AvgIpc) is 2.74. The molecule has 0 saturated carbocycles. The standard InChI is InChI=1S/C22H21NO5/c1-3-27-21(24)19-15-23(22(25)28-16-9-5-4-6-10-16)14-13-17(19)18-11-7-8-12-20(18)26-2/h4-15,17H,3H2,1-2H3. The number of para-hydroxylation sites is 2. The van der Waals surface area contributed by atoms with Crippen molar-refractivity contribution in [1.82, 2.24) is 4.90 Å². The first-order valence-electron chi connectivity index (χ1n) is 8.89. The van der Waals surface area contributed by atoms with Gasteiger partial charge >= 0.3 is 12.1 Å². The first-order valence-corrected chi connectivity index (χ1v) is 8.89. The maximum atomic E-state index is 12.6. The quantitative estimate of drug-likeness (QED) is 0.727. The minimum atomic E-state index is -0.622. The van der Waals surface area contributed by atoms with E-state index >= 15 is 0 Å². The van der Waals surface area contributed by atoms with E-state index < -0.39 is 18.0 Å². The Morgan fingerprint density at radius 1 is 1.04 bits per heavy atom. The topological polar surface area (TPSA) is 65.1 Å². The molecule has 2 aromatic rings. The van der Waals surface area contributed by atoms with E-state index in [1.165, 1.54) is 11.1 Å². The van der Waals surface area contributed by atoms with Crippen LogP contribution in [0, 0.1) is 0 Å². The minimum Gasteiger partial charge on any atom is -0.496 e. The third-order valence-electron chi connectivity index (χ3n) is 4.20. The van der Waals surface area contributed by atoms with Crippen LogP contribution in [0.4, 0.5) is 4.79 Å². The van der Waals surface area contributed by atoms with Crippen molar-refractivity contribution in [1.29, 1.82) is 0 Å². The molecule has 1 heterocycles. The van der Waals surface area contributed by atoms with E-state index in [1.807, 2.05) is 30.3 Å². The Balaban J connectivity index is 1.90. The lowest BCUT2D eigenvalue weighted by Crippen LogP contribution is -2.29. The van der Waals surface area contributed by atoms with Gasteiger partial charge in [0.1, 0.15) is 11.5 Å². The highest BCUT2D eigenvalue weighted by atomic mass is 16.6. The van der Waals surface area contributed by atoms with Gasteiger partial charge in [0, 0.05) is 23.9 Å². The Morgan fingerprint density at radius 2 is 1.75 bits per heavy atom. The molecule has 6 heteroatoms. The van der Waals surface area contributed by atoms with Crippen molar-refractivity contribution in [3.8, 4) is 11.5 Å². The summed E-state index contributed by atoms with van der Waals surface area (Å²) in [5, 5.41) is 0. The second-order valence-corrected chi connectivity index (χ2v) is 5.95. The largest absolute Gasteiger partial charge is 0.496 e. The molecule has 6 nitrogen and oxygen atoms in total. The van der Waals surface area contributed by atoms with Crippen molar-refractivity contribution < 1.29 is 23.8 Å². The van der Waals surface area contributed by atoms with E-state index in [2.05, 4.69) is 0 Å². The molecule has 1 amide bonds. The molecule has 3 rings (SSSR count). The molecule has 0 N–H and O–H groups in total. The zero-order chi connectivity index (χ0) is 19.9. The van der Waals surface area contributed by atoms with Crippen molar-refractivity contribution in [2.75, 3.05) is 13.7 Å². The number of allylic oxidation sites excluding steroid dienone is 1. The van der Waals surface area contributed by atoms with Crippen LogP contribution in [0.5, 0.6) is 11.5 Å². The predicted octanol–water partition coefficient (Wildman–Crippen LogP) is 4.25. The van der Waals surface area contributed by atoms with Gasteiger partial charge in [-0.25, -0.2) is 9.59 Å². The van der Waals surface area contributed by atoms with Crippen molar-refractivity contribution in [2.45, 2.75) is 12.8 Å². The fourth-order valence-electron chi connectivity index (χ4n) is 2.90. The summed E-state index contributed by atoms with van der Waals surface area (Å²) < 4.78 is 16.0. The summed E-state index contributed by atoms with van der Waals surface area (Å²) in [5.41, 5.74) is 1.12. The van der Waals surface area contributed by atoms with Crippen molar-refractivity contribution in [2.24, 2.45) is 0 Å². The van der Waals surface area contributed by atoms with Gasteiger partial charge in [0.2, 0.25) is 0 Å². The molecule has 0 radical (unpaired) electrons. The van der Waals surface area contributed by atoms with Gasteiger partial charge in [-0.2, -0.15) is 0 Å². The van der Waals surface area contributed by atoms with Gasteiger partial charge in [0.25, 0.3) is 0 Å². The number of esters is 1. The molecule has 2 aromatic carbocycles. The number of ether oxygens (including phenoxy) is 3. The summed E-state index contributed by atoms with van der Waals surface area (Å²) in [5.74, 6) is 0.155. The van der Waals surface area contributed by atoms with Crippen LogP contribution in [0.3, 0.4) is 0 Å². The molecule has 0 fully saturated rings. The Bertz CT molecular complexity index is 904. The minimum absolute atomic E-state index is 0.229. The number of methoxy groups -OCH3 is 1. The smallest absolute Gasteiger partial charge is 0.423 e. The summed E-state index contributed by atoms with van der Waals surface area (Å²) >= 11 is 0. The molecule has 1 unspecified atom stereocenters. The lowest BCUT2D eigenvalue weighted by molar-refractivity contribution is -0.138. The van der Waals surface area contributed by atoms with E-state index in [0.29, 0.717) is 17.1 Å². The first-order chi connectivity index (χ1) is 13.6. The molecule has 0 saturated heterocycles. The summed E-state index contributed by atoms with van der Waals surface area (Å²) in [4.78, 5) is 26.3. The Hall–Kier alpha value is -3.54. The summed E-state index contributed by atoms with van der Waals surface area (Å²) in [6.07, 6.45) is 4.14. The lowest BCUT2D eigenvalue weighted by atomic mass is 9.89. The molecule has 0 spiro atoms. The van der Waals surface area contributed by atoms with Gasteiger partial charge in [-0.3, -0.25) is 4.90 Å². The van der Waals surface area contributed by atoms with E-state index in [9.17, 15) is 9.59 Å². The van der Waals surface area contributed by atoms with Crippen LogP contribution in [0.15, 0.2) is 78.6 Å². The van der Waals surface area contributed by atoms with Crippen LogP contribution in [0.1, 0.15) is 18.4 Å². The highest BCUT2D eigenvalue weighted by Gasteiger charge is 2.29. The SMILES string of the molecule is CCOC(=O)C1=CN(C(=O)Oc2ccccc2)C=CC1c1ccccc1OC. The van der Waals surface area contributed by atoms with Gasteiger partial charge in [-0.1, -0.05) is 42.5 Å². The van der Waals surface area contributed by atoms with E-state index in [0.717, 1.165) is 5.56 Å². The van der Waals surface area contributed by atoms with Crippen LogP contribution in [0.2, 0.25) is 0 Å². The third kappa shape index (κ3) is 4.23. The van der Waals surface area contributed by atoms with Crippen LogP contribution < -0.4 is 9.47 Å². The van der Waals surface area contributed by atoms with E-state index in [1.54, 1.807) is 50.6 Å². The number of hydrogen-bond donors (Lipinski definition) is 0. The van der Waals surface area contributed by atoms with Gasteiger partial charge in [-0.05, 0) is 25.1 Å². The monoisotopic (exact) mass is 379 g/mol. The molecule has 0 aromatic heterocycles. The van der Waals surface area contributed by atoms with Crippen molar-refractivity contribution in [3.05, 3.63) is 84.2 Å². The number of amides is 1. The lowest BCUT2D eigenvalue weighted by Gasteiger charge is -2.25. The number of carbonyl (C=O) groups excluding carboxylic acids is 2. The Morgan fingerprint density at radius 3 is 2.46 bits per heavy atom. The highest BCUT2D eigenvalue weighted by Crippen LogP contribution is 2.36. The Labute approximate surface area is 163 Å². The molecule has 1 aliphatic rings. The zero-order valence-electron chi connectivity index (χ0n) is 15.7. The van der Waals surface area contributed by atoms with E-state index in [4.69, 9.17) is 14.2 Å². The van der Waals surface area contributed by atoms with Crippen LogP contribution >= 0.6 is 0 Å². The second kappa shape index (κ2) is 8.90. The average molecular weight is 379 g/mol. The number of carbonyl (C=O) groups is 2. The zero-order valence-corrected chi connectivity index (χ0v) is 15.7. The fourth-order valence-corrected chi connectivity index (χ4v) is 2.90. The molecule has 0 bridgehead atoms. The highest BCUT2D eigenvalue weighted by molar-refractivity contribution is 5.92. The van der Waals surface area contributed by atoms with Gasteiger partial charge < -0.3 is 14.2 Å². The van der Waals surface area contributed by atoms with Crippen LogP contribution in [-0.4, -0.2) is 30.7 Å². The van der Waals surface area contributed by atoms with E-state index in [-0.39, 0.29) is 6.61 Å². The van der Waals surface area contributed by atoms with Crippen LogP contribution in [0.25, 0.3) is 0 Å². The van der Waals surface area contributed by atoms with Gasteiger partial charge in [0.15, 0.2) is 0 Å². The molecular formula is C22H21NO5. The maximum Gasteiger partial charge on any atom is 0.423 e. The molecule has 28 heavy (non-hydrogen) atoms. The number of rotatable bonds is 5. The predicted molar refractivity (Wildman–Crippen MR) is 104 cm³/mol. The first kappa shape index (κ1) is 19.2. The Kier molecular flexibility index (Phi) is 6.11. The number of benzene rings is 2. The van der Waals surface area contributed by atoms with Crippen molar-refractivity contribution in [3.63, 3.8) is 0 Å². The third-order valence-corrected chi connectivity index (χ3v) is 4.20. The number of nitrogens with zero attached hydrogens (tertiary/aromatic N) is 1.